The van der Waals surface area contributed by atoms with Gasteiger partial charge in [-0.2, -0.15) is 0 Å². The minimum Gasteiger partial charge on any atom is -0.396 e. The van der Waals surface area contributed by atoms with Crippen molar-refractivity contribution in [3.05, 3.63) is 34.9 Å². The van der Waals surface area contributed by atoms with E-state index < -0.39 is 0 Å². The SMILES string of the molecule is CNC(c1ccc(C)cc1C)C1(CO)CCC1. The van der Waals surface area contributed by atoms with Crippen LogP contribution in [0.1, 0.15) is 42.0 Å². The summed E-state index contributed by atoms with van der Waals surface area (Å²) in [4.78, 5) is 0. The van der Waals surface area contributed by atoms with Crippen LogP contribution in [0.4, 0.5) is 0 Å². The monoisotopic (exact) mass is 233 g/mol. The van der Waals surface area contributed by atoms with E-state index >= 15 is 0 Å². The van der Waals surface area contributed by atoms with E-state index in [-0.39, 0.29) is 18.1 Å². The van der Waals surface area contributed by atoms with Crippen LogP contribution in [0.25, 0.3) is 0 Å². The van der Waals surface area contributed by atoms with Crippen LogP contribution in [-0.2, 0) is 0 Å². The Labute approximate surface area is 104 Å². The van der Waals surface area contributed by atoms with E-state index in [4.69, 9.17) is 0 Å². The van der Waals surface area contributed by atoms with Gasteiger partial charge in [0.25, 0.3) is 0 Å². The van der Waals surface area contributed by atoms with Crippen molar-refractivity contribution in [1.29, 1.82) is 0 Å². The minimum atomic E-state index is 0.0643. The summed E-state index contributed by atoms with van der Waals surface area (Å²) in [7, 11) is 2.00. The van der Waals surface area contributed by atoms with Crippen molar-refractivity contribution in [3.8, 4) is 0 Å². The summed E-state index contributed by atoms with van der Waals surface area (Å²) in [5.74, 6) is 0. The summed E-state index contributed by atoms with van der Waals surface area (Å²) in [5, 5.41) is 13.1. The first-order chi connectivity index (χ1) is 8.13. The molecule has 0 aliphatic heterocycles. The molecular weight excluding hydrogens is 210 g/mol. The van der Waals surface area contributed by atoms with Crippen molar-refractivity contribution < 1.29 is 5.11 Å². The van der Waals surface area contributed by atoms with Gasteiger partial charge in [0, 0.05) is 11.5 Å². The van der Waals surface area contributed by atoms with Crippen molar-refractivity contribution in [2.24, 2.45) is 5.41 Å². The van der Waals surface area contributed by atoms with Crippen molar-refractivity contribution in [2.75, 3.05) is 13.7 Å². The Hall–Kier alpha value is -0.860. The highest BCUT2D eigenvalue weighted by Crippen LogP contribution is 2.50. The molecule has 0 saturated heterocycles. The third-order valence-corrected chi connectivity index (χ3v) is 4.30. The third-order valence-electron chi connectivity index (χ3n) is 4.30. The molecule has 0 spiro atoms. The van der Waals surface area contributed by atoms with Gasteiger partial charge in [-0.3, -0.25) is 0 Å². The first kappa shape index (κ1) is 12.6. The number of nitrogens with one attached hydrogen (secondary N) is 1. The predicted molar refractivity (Wildman–Crippen MR) is 71.1 cm³/mol. The zero-order valence-electron chi connectivity index (χ0n) is 11.1. The van der Waals surface area contributed by atoms with Gasteiger partial charge in [-0.05, 0) is 44.9 Å². The number of aryl methyl sites for hydroxylation is 2. The van der Waals surface area contributed by atoms with Gasteiger partial charge < -0.3 is 10.4 Å². The lowest BCUT2D eigenvalue weighted by Gasteiger charge is -2.47. The van der Waals surface area contributed by atoms with E-state index in [1.165, 1.54) is 23.1 Å². The topological polar surface area (TPSA) is 32.3 Å². The standard InChI is InChI=1S/C15H23NO/c1-11-5-6-13(12(2)9-11)14(16-3)15(10-17)7-4-8-15/h5-6,9,14,16-17H,4,7-8,10H2,1-3H3. The minimum absolute atomic E-state index is 0.0643. The third kappa shape index (κ3) is 2.12. The first-order valence-electron chi connectivity index (χ1n) is 6.48. The normalized spacial score (nSPS) is 19.8. The Morgan fingerprint density at radius 3 is 2.47 bits per heavy atom. The molecule has 94 valence electrons. The fraction of sp³-hybridized carbons (Fsp3) is 0.600. The quantitative estimate of drug-likeness (QED) is 0.838. The zero-order valence-corrected chi connectivity index (χ0v) is 11.1. The molecule has 0 amide bonds. The van der Waals surface area contributed by atoms with Crippen LogP contribution in [0.3, 0.4) is 0 Å². The summed E-state index contributed by atoms with van der Waals surface area (Å²) in [6.45, 7) is 4.57. The van der Waals surface area contributed by atoms with Gasteiger partial charge in [0.05, 0.1) is 6.61 Å². The fourth-order valence-corrected chi connectivity index (χ4v) is 3.11. The Kier molecular flexibility index (Phi) is 3.55. The summed E-state index contributed by atoms with van der Waals surface area (Å²) < 4.78 is 0. The van der Waals surface area contributed by atoms with Gasteiger partial charge in [-0.25, -0.2) is 0 Å². The maximum atomic E-state index is 9.70. The highest BCUT2D eigenvalue weighted by Gasteiger charge is 2.43. The van der Waals surface area contributed by atoms with E-state index in [0.29, 0.717) is 0 Å². The molecule has 2 heteroatoms. The van der Waals surface area contributed by atoms with E-state index in [0.717, 1.165) is 12.8 Å². The van der Waals surface area contributed by atoms with Crippen LogP contribution >= 0.6 is 0 Å². The molecule has 1 atom stereocenters. The molecule has 17 heavy (non-hydrogen) atoms. The smallest absolute Gasteiger partial charge is 0.0505 e. The van der Waals surface area contributed by atoms with E-state index in [1.807, 2.05) is 7.05 Å². The lowest BCUT2D eigenvalue weighted by Crippen LogP contribution is -2.45. The molecule has 0 radical (unpaired) electrons. The Morgan fingerprint density at radius 2 is 2.06 bits per heavy atom. The van der Waals surface area contributed by atoms with Crippen LogP contribution < -0.4 is 5.32 Å². The highest BCUT2D eigenvalue weighted by atomic mass is 16.3. The zero-order chi connectivity index (χ0) is 12.5. The van der Waals surface area contributed by atoms with Crippen LogP contribution in [0, 0.1) is 19.3 Å². The number of hydrogen-bond donors (Lipinski definition) is 2. The molecule has 1 unspecified atom stereocenters. The van der Waals surface area contributed by atoms with Gasteiger partial charge in [0.1, 0.15) is 0 Å². The van der Waals surface area contributed by atoms with Crippen LogP contribution in [0.15, 0.2) is 18.2 Å². The average molecular weight is 233 g/mol. The van der Waals surface area contributed by atoms with Gasteiger partial charge in [-0.1, -0.05) is 30.2 Å². The molecule has 1 saturated carbocycles. The largest absolute Gasteiger partial charge is 0.396 e. The second-order valence-corrected chi connectivity index (χ2v) is 5.46. The molecule has 1 aromatic carbocycles. The lowest BCUT2D eigenvalue weighted by atomic mass is 9.62. The number of hydrogen-bond acceptors (Lipinski definition) is 2. The van der Waals surface area contributed by atoms with Crippen molar-refractivity contribution in [2.45, 2.75) is 39.2 Å². The number of aliphatic hydroxyl groups excluding tert-OH is 1. The molecular formula is C15H23NO. The van der Waals surface area contributed by atoms with Gasteiger partial charge >= 0.3 is 0 Å². The summed E-state index contributed by atoms with van der Waals surface area (Å²) >= 11 is 0. The van der Waals surface area contributed by atoms with Crippen molar-refractivity contribution >= 4 is 0 Å². The van der Waals surface area contributed by atoms with Gasteiger partial charge in [-0.15, -0.1) is 0 Å². The molecule has 0 aromatic heterocycles. The second-order valence-electron chi connectivity index (χ2n) is 5.46. The molecule has 0 bridgehead atoms. The maximum Gasteiger partial charge on any atom is 0.0505 e. The van der Waals surface area contributed by atoms with Crippen LogP contribution in [0.2, 0.25) is 0 Å². The molecule has 1 fully saturated rings. The highest BCUT2D eigenvalue weighted by molar-refractivity contribution is 5.34. The van der Waals surface area contributed by atoms with Crippen LogP contribution in [-0.4, -0.2) is 18.8 Å². The van der Waals surface area contributed by atoms with Crippen molar-refractivity contribution in [3.63, 3.8) is 0 Å². The molecule has 1 aliphatic carbocycles. The fourth-order valence-electron chi connectivity index (χ4n) is 3.11. The molecule has 1 aromatic rings. The summed E-state index contributed by atoms with van der Waals surface area (Å²) in [5.41, 5.74) is 4.03. The molecule has 0 heterocycles. The maximum absolute atomic E-state index is 9.70. The second kappa shape index (κ2) is 4.79. The van der Waals surface area contributed by atoms with Gasteiger partial charge in [0.15, 0.2) is 0 Å². The Morgan fingerprint density at radius 1 is 1.35 bits per heavy atom. The van der Waals surface area contributed by atoms with Crippen molar-refractivity contribution in [1.82, 2.24) is 5.32 Å². The Bertz CT molecular complexity index is 390. The molecule has 1 aliphatic rings. The van der Waals surface area contributed by atoms with Gasteiger partial charge in [0.2, 0.25) is 0 Å². The Balaban J connectivity index is 2.35. The average Bonchev–Trinajstić information content (AvgIpc) is 2.24. The summed E-state index contributed by atoms with van der Waals surface area (Å²) in [6, 6.07) is 6.88. The predicted octanol–water partition coefficient (Wildman–Crippen LogP) is 2.73. The van der Waals surface area contributed by atoms with E-state index in [2.05, 4.69) is 37.4 Å². The molecule has 2 N–H and O–H groups in total. The molecule has 2 rings (SSSR count). The number of rotatable bonds is 4. The van der Waals surface area contributed by atoms with E-state index in [1.54, 1.807) is 0 Å². The first-order valence-corrected chi connectivity index (χ1v) is 6.48. The van der Waals surface area contributed by atoms with E-state index in [9.17, 15) is 5.11 Å². The summed E-state index contributed by atoms with van der Waals surface area (Å²) in [6.07, 6.45) is 3.49. The molecule has 2 nitrogen and oxygen atoms in total. The number of benzene rings is 1. The van der Waals surface area contributed by atoms with Crippen LogP contribution in [0.5, 0.6) is 0 Å². The lowest BCUT2D eigenvalue weighted by molar-refractivity contribution is 0.00764. The number of aliphatic hydroxyl groups is 1.